The highest BCUT2D eigenvalue weighted by Crippen LogP contribution is 2.44. The summed E-state index contributed by atoms with van der Waals surface area (Å²) in [6, 6.07) is 0. The molecule has 0 aromatic rings. The summed E-state index contributed by atoms with van der Waals surface area (Å²) in [6.07, 6.45) is -0.548. The number of hydrogen-bond acceptors (Lipinski definition) is 4. The third-order valence-electron chi connectivity index (χ3n) is 3.20. The van der Waals surface area contributed by atoms with Gasteiger partial charge in [0.1, 0.15) is 0 Å². The van der Waals surface area contributed by atoms with E-state index in [9.17, 15) is 18.0 Å². The lowest BCUT2D eigenvalue weighted by atomic mass is 10.0. The molecule has 0 unspecified atom stereocenters. The zero-order valence-corrected chi connectivity index (χ0v) is 10.2. The Morgan fingerprint density at radius 3 is 2.29 bits per heavy atom. The van der Waals surface area contributed by atoms with Gasteiger partial charge in [-0.25, -0.2) is 8.42 Å². The van der Waals surface area contributed by atoms with Crippen LogP contribution in [0, 0.1) is 5.92 Å². The third kappa shape index (κ3) is 1.84. The van der Waals surface area contributed by atoms with E-state index in [1.807, 2.05) is 0 Å². The lowest BCUT2D eigenvalue weighted by Gasteiger charge is -2.24. The molecule has 0 heterocycles. The number of carboxylic acids is 2. The minimum atomic E-state index is -3.94. The summed E-state index contributed by atoms with van der Waals surface area (Å²) in [5.74, 6) is -4.08. The largest absolute Gasteiger partial charge is 0.481 e. The maximum atomic E-state index is 11.9. The second-order valence-corrected chi connectivity index (χ2v) is 6.59. The first kappa shape index (κ1) is 13.7. The minimum Gasteiger partial charge on any atom is -0.481 e. The molecule has 0 amide bonds. The molecular weight excluding hydrogens is 248 g/mol. The van der Waals surface area contributed by atoms with Crippen molar-refractivity contribution in [3.8, 4) is 0 Å². The van der Waals surface area contributed by atoms with Crippen LogP contribution in [-0.2, 0) is 19.4 Å². The van der Waals surface area contributed by atoms with Gasteiger partial charge in [0.15, 0.2) is 14.6 Å². The zero-order chi connectivity index (χ0) is 13.4. The maximum absolute atomic E-state index is 11.9. The lowest BCUT2D eigenvalue weighted by Crippen LogP contribution is -2.46. The molecule has 0 bridgehead atoms. The van der Waals surface area contributed by atoms with Crippen LogP contribution in [0.1, 0.15) is 19.8 Å². The number of sulfone groups is 1. The van der Waals surface area contributed by atoms with E-state index < -0.39 is 38.9 Å². The Hall–Kier alpha value is -1.37. The van der Waals surface area contributed by atoms with Gasteiger partial charge in [-0.05, 0) is 18.4 Å². The van der Waals surface area contributed by atoms with Crippen LogP contribution in [0.15, 0.2) is 12.2 Å². The van der Waals surface area contributed by atoms with Crippen molar-refractivity contribution in [2.75, 3.05) is 5.75 Å². The lowest BCUT2D eigenvalue weighted by molar-refractivity contribution is -0.142. The monoisotopic (exact) mass is 262 g/mol. The molecule has 0 aromatic heterocycles. The van der Waals surface area contributed by atoms with Crippen LogP contribution in [0.25, 0.3) is 0 Å². The predicted molar refractivity (Wildman–Crippen MR) is 59.3 cm³/mol. The van der Waals surface area contributed by atoms with Gasteiger partial charge in [0, 0.05) is 5.75 Å². The second kappa shape index (κ2) is 4.14. The van der Waals surface area contributed by atoms with Crippen LogP contribution in [0.5, 0.6) is 0 Å². The number of rotatable bonds is 4. The molecule has 6 nitrogen and oxygen atoms in total. The molecule has 0 aromatic carbocycles. The highest BCUT2D eigenvalue weighted by Gasteiger charge is 2.58. The second-order valence-electron chi connectivity index (χ2n) is 4.08. The van der Waals surface area contributed by atoms with E-state index in [1.54, 1.807) is 0 Å². The van der Waals surface area contributed by atoms with Crippen molar-refractivity contribution in [1.29, 1.82) is 0 Å². The molecule has 1 fully saturated rings. The van der Waals surface area contributed by atoms with Crippen LogP contribution >= 0.6 is 0 Å². The van der Waals surface area contributed by atoms with Crippen LogP contribution in [0.3, 0.4) is 0 Å². The molecule has 96 valence electrons. The van der Waals surface area contributed by atoms with E-state index in [0.717, 1.165) is 0 Å². The maximum Gasteiger partial charge on any atom is 0.329 e. The quantitative estimate of drug-likeness (QED) is 0.705. The standard InChI is InChI=1S/C10H14O6S/c1-3-17(15,16)10(9(13)14)5-7(8(11)12)4-6(10)2/h7H,2-5H2,1H3,(H,11,12)(H,13,14)/t7-,10+/m1/s1. The Morgan fingerprint density at radius 2 is 2.00 bits per heavy atom. The molecule has 0 spiro atoms. The Kier molecular flexibility index (Phi) is 3.33. The number of carboxylic acid groups (broad SMARTS) is 2. The van der Waals surface area contributed by atoms with Crippen molar-refractivity contribution in [2.45, 2.75) is 24.5 Å². The van der Waals surface area contributed by atoms with Gasteiger partial charge in [0.25, 0.3) is 0 Å². The summed E-state index contributed by atoms with van der Waals surface area (Å²) in [7, 11) is -3.94. The van der Waals surface area contributed by atoms with E-state index in [4.69, 9.17) is 10.2 Å². The Balaban J connectivity index is 3.35. The third-order valence-corrected chi connectivity index (χ3v) is 5.66. The molecule has 0 aliphatic heterocycles. The Bertz CT molecular complexity index is 477. The Morgan fingerprint density at radius 1 is 1.47 bits per heavy atom. The SMILES string of the molecule is C=C1C[C@@H](C(=O)O)C[C@]1(C(=O)O)S(=O)(=O)CC. The van der Waals surface area contributed by atoms with Gasteiger partial charge in [-0.15, -0.1) is 0 Å². The average Bonchev–Trinajstić information content (AvgIpc) is 2.57. The summed E-state index contributed by atoms with van der Waals surface area (Å²) in [4.78, 5) is 22.1. The van der Waals surface area contributed by atoms with Crippen LogP contribution < -0.4 is 0 Å². The normalized spacial score (nSPS) is 29.2. The highest BCUT2D eigenvalue weighted by atomic mass is 32.2. The topological polar surface area (TPSA) is 109 Å². The van der Waals surface area contributed by atoms with Crippen LogP contribution in [-0.4, -0.2) is 41.1 Å². The number of hydrogen-bond donors (Lipinski definition) is 2. The fraction of sp³-hybridized carbons (Fsp3) is 0.600. The molecule has 7 heteroatoms. The van der Waals surface area contributed by atoms with Gasteiger partial charge in [0.2, 0.25) is 0 Å². The van der Waals surface area contributed by atoms with E-state index >= 15 is 0 Å². The van der Waals surface area contributed by atoms with E-state index in [0.29, 0.717) is 0 Å². The van der Waals surface area contributed by atoms with Crippen molar-refractivity contribution in [2.24, 2.45) is 5.92 Å². The van der Waals surface area contributed by atoms with Gasteiger partial charge >= 0.3 is 11.9 Å². The fourth-order valence-electron chi connectivity index (χ4n) is 2.17. The first-order valence-electron chi connectivity index (χ1n) is 5.05. The smallest absolute Gasteiger partial charge is 0.329 e. The van der Waals surface area contributed by atoms with E-state index in [2.05, 4.69) is 6.58 Å². The molecule has 2 N–H and O–H groups in total. The molecule has 2 atom stereocenters. The average molecular weight is 262 g/mol. The van der Waals surface area contributed by atoms with Gasteiger partial charge in [-0.1, -0.05) is 13.5 Å². The fourth-order valence-corrected chi connectivity index (χ4v) is 3.90. The minimum absolute atomic E-state index is 0.0424. The molecule has 17 heavy (non-hydrogen) atoms. The summed E-state index contributed by atoms with van der Waals surface area (Å²) < 4.78 is 21.7. The zero-order valence-electron chi connectivity index (χ0n) is 9.34. The summed E-state index contributed by atoms with van der Waals surface area (Å²) in [6.45, 7) is 4.79. The summed E-state index contributed by atoms with van der Waals surface area (Å²) in [5, 5.41) is 18.0. The van der Waals surface area contributed by atoms with Crippen molar-refractivity contribution in [3.63, 3.8) is 0 Å². The Labute approximate surface area is 98.9 Å². The van der Waals surface area contributed by atoms with Gasteiger partial charge in [-0.3, -0.25) is 9.59 Å². The molecule has 0 saturated heterocycles. The first-order chi connectivity index (χ1) is 7.69. The van der Waals surface area contributed by atoms with Crippen molar-refractivity contribution in [3.05, 3.63) is 12.2 Å². The van der Waals surface area contributed by atoms with Crippen molar-refractivity contribution >= 4 is 21.8 Å². The molecular formula is C10H14O6S. The number of carbonyl (C=O) groups is 2. The molecule has 1 rings (SSSR count). The molecule has 0 radical (unpaired) electrons. The van der Waals surface area contributed by atoms with Crippen LogP contribution in [0.4, 0.5) is 0 Å². The van der Waals surface area contributed by atoms with E-state index in [1.165, 1.54) is 6.92 Å². The summed E-state index contributed by atoms with van der Waals surface area (Å²) in [5.41, 5.74) is -0.0424. The summed E-state index contributed by atoms with van der Waals surface area (Å²) >= 11 is 0. The van der Waals surface area contributed by atoms with Gasteiger partial charge < -0.3 is 10.2 Å². The van der Waals surface area contributed by atoms with Crippen molar-refractivity contribution in [1.82, 2.24) is 0 Å². The van der Waals surface area contributed by atoms with Crippen LogP contribution in [0.2, 0.25) is 0 Å². The van der Waals surface area contributed by atoms with Crippen molar-refractivity contribution < 1.29 is 28.2 Å². The first-order valence-corrected chi connectivity index (χ1v) is 6.71. The van der Waals surface area contributed by atoms with Gasteiger partial charge in [0.05, 0.1) is 5.92 Å². The molecule has 1 saturated carbocycles. The number of aliphatic carboxylic acids is 2. The van der Waals surface area contributed by atoms with E-state index in [-0.39, 0.29) is 17.7 Å². The molecule has 1 aliphatic rings. The molecule has 1 aliphatic carbocycles. The highest BCUT2D eigenvalue weighted by molar-refractivity contribution is 7.93. The predicted octanol–water partition coefficient (Wildman–Crippen LogP) is 0.295. The van der Waals surface area contributed by atoms with Gasteiger partial charge in [-0.2, -0.15) is 0 Å².